The van der Waals surface area contributed by atoms with Crippen LogP contribution in [0.4, 0.5) is 0 Å². The van der Waals surface area contributed by atoms with Crippen LogP contribution in [0.25, 0.3) is 11.0 Å². The second-order valence-electron chi connectivity index (χ2n) is 5.73. The predicted molar refractivity (Wildman–Crippen MR) is 81.1 cm³/mol. The fraction of sp³-hybridized carbons (Fsp3) is 0.562. The maximum atomic E-state index is 5.59. The second-order valence-corrected chi connectivity index (χ2v) is 5.73. The summed E-state index contributed by atoms with van der Waals surface area (Å²) in [5.41, 5.74) is 4.82. The Bertz CT molecular complexity index is 546. The van der Waals surface area contributed by atoms with Crippen molar-refractivity contribution in [1.29, 1.82) is 0 Å². The Balaban J connectivity index is 1.54. The standard InChI is InChI=1S/C16H23N3O/c1-11-8-14-15(9-12(11)2)19-16(18-14)5-6-17-10-13-4-3-7-20-13/h8-9,13,17H,3-7,10H2,1-2H3,(H,18,19). The summed E-state index contributed by atoms with van der Waals surface area (Å²) in [6.07, 6.45) is 3.74. The molecular formula is C16H23N3O. The number of hydrogen-bond donors (Lipinski definition) is 2. The molecule has 4 heteroatoms. The van der Waals surface area contributed by atoms with E-state index in [4.69, 9.17) is 4.74 Å². The van der Waals surface area contributed by atoms with Crippen molar-refractivity contribution in [3.63, 3.8) is 0 Å². The van der Waals surface area contributed by atoms with E-state index in [-0.39, 0.29) is 0 Å². The normalized spacial score (nSPS) is 19.0. The topological polar surface area (TPSA) is 49.9 Å². The lowest BCUT2D eigenvalue weighted by molar-refractivity contribution is 0.110. The summed E-state index contributed by atoms with van der Waals surface area (Å²) in [7, 11) is 0. The molecule has 1 unspecified atom stereocenters. The molecule has 3 rings (SSSR count). The van der Waals surface area contributed by atoms with Gasteiger partial charge in [0.15, 0.2) is 0 Å². The molecule has 1 aliphatic heterocycles. The van der Waals surface area contributed by atoms with Crippen LogP contribution < -0.4 is 5.32 Å². The van der Waals surface area contributed by atoms with Crippen molar-refractivity contribution in [3.05, 3.63) is 29.1 Å². The van der Waals surface area contributed by atoms with E-state index in [1.54, 1.807) is 0 Å². The molecule has 108 valence electrons. The van der Waals surface area contributed by atoms with Crippen LogP contribution in [0.3, 0.4) is 0 Å². The molecule has 0 radical (unpaired) electrons. The van der Waals surface area contributed by atoms with Crippen LogP contribution in [0.5, 0.6) is 0 Å². The van der Waals surface area contributed by atoms with Crippen molar-refractivity contribution in [2.45, 2.75) is 39.2 Å². The Kier molecular flexibility index (Phi) is 4.03. The third kappa shape index (κ3) is 3.02. The molecule has 1 saturated heterocycles. The van der Waals surface area contributed by atoms with Crippen LogP contribution in [-0.4, -0.2) is 35.8 Å². The van der Waals surface area contributed by atoms with Gasteiger partial charge < -0.3 is 15.0 Å². The first-order valence-corrected chi connectivity index (χ1v) is 7.50. The van der Waals surface area contributed by atoms with Crippen molar-refractivity contribution < 1.29 is 4.74 Å². The number of nitrogens with one attached hydrogen (secondary N) is 2. The maximum Gasteiger partial charge on any atom is 0.108 e. The summed E-state index contributed by atoms with van der Waals surface area (Å²) < 4.78 is 5.59. The van der Waals surface area contributed by atoms with Gasteiger partial charge in [-0.15, -0.1) is 0 Å². The summed E-state index contributed by atoms with van der Waals surface area (Å²) in [5, 5.41) is 3.46. The number of imidazole rings is 1. The van der Waals surface area contributed by atoms with Crippen LogP contribution in [0.15, 0.2) is 12.1 Å². The van der Waals surface area contributed by atoms with E-state index in [1.165, 1.54) is 24.0 Å². The van der Waals surface area contributed by atoms with Crippen LogP contribution >= 0.6 is 0 Å². The van der Waals surface area contributed by atoms with Gasteiger partial charge in [0.1, 0.15) is 5.82 Å². The van der Waals surface area contributed by atoms with Crippen molar-refractivity contribution in [2.24, 2.45) is 0 Å². The lowest BCUT2D eigenvalue weighted by atomic mass is 10.1. The summed E-state index contributed by atoms with van der Waals surface area (Å²) >= 11 is 0. The van der Waals surface area contributed by atoms with Gasteiger partial charge in [-0.1, -0.05) is 0 Å². The molecule has 1 aromatic carbocycles. The van der Waals surface area contributed by atoms with Crippen molar-refractivity contribution in [3.8, 4) is 0 Å². The van der Waals surface area contributed by atoms with Gasteiger partial charge in [-0.25, -0.2) is 4.98 Å². The Morgan fingerprint density at radius 3 is 3.00 bits per heavy atom. The number of nitrogens with zero attached hydrogens (tertiary/aromatic N) is 1. The average Bonchev–Trinajstić information content (AvgIpc) is 3.05. The number of aromatic nitrogens is 2. The number of ether oxygens (including phenoxy) is 1. The van der Waals surface area contributed by atoms with Gasteiger partial charge in [-0.05, 0) is 49.9 Å². The van der Waals surface area contributed by atoms with Crippen LogP contribution in [0.2, 0.25) is 0 Å². The highest BCUT2D eigenvalue weighted by Crippen LogP contribution is 2.17. The van der Waals surface area contributed by atoms with E-state index in [2.05, 4.69) is 41.3 Å². The molecule has 0 amide bonds. The number of H-pyrrole nitrogens is 1. The third-order valence-corrected chi connectivity index (χ3v) is 4.08. The third-order valence-electron chi connectivity index (χ3n) is 4.08. The lowest BCUT2D eigenvalue weighted by Crippen LogP contribution is -2.28. The number of hydrogen-bond acceptors (Lipinski definition) is 3. The maximum absolute atomic E-state index is 5.59. The molecule has 2 N–H and O–H groups in total. The SMILES string of the molecule is Cc1cc2nc(CCNCC3CCCO3)[nH]c2cc1C. The molecule has 1 aromatic heterocycles. The number of aryl methyl sites for hydroxylation is 2. The fourth-order valence-electron chi connectivity index (χ4n) is 2.72. The predicted octanol–water partition coefficient (Wildman–Crippen LogP) is 2.49. The van der Waals surface area contributed by atoms with Gasteiger partial charge >= 0.3 is 0 Å². The summed E-state index contributed by atoms with van der Waals surface area (Å²) in [6, 6.07) is 4.34. The smallest absolute Gasteiger partial charge is 0.108 e. The molecule has 4 nitrogen and oxygen atoms in total. The zero-order chi connectivity index (χ0) is 13.9. The van der Waals surface area contributed by atoms with E-state index in [1.807, 2.05) is 0 Å². The Morgan fingerprint density at radius 1 is 1.35 bits per heavy atom. The second kappa shape index (κ2) is 5.94. The minimum Gasteiger partial charge on any atom is -0.377 e. The number of aromatic amines is 1. The van der Waals surface area contributed by atoms with E-state index < -0.39 is 0 Å². The van der Waals surface area contributed by atoms with E-state index in [9.17, 15) is 0 Å². The Labute approximate surface area is 119 Å². The van der Waals surface area contributed by atoms with Gasteiger partial charge in [-0.3, -0.25) is 0 Å². The van der Waals surface area contributed by atoms with Crippen molar-refractivity contribution in [2.75, 3.05) is 19.7 Å². The number of fused-ring (bicyclic) bond motifs is 1. The fourth-order valence-corrected chi connectivity index (χ4v) is 2.72. The highest BCUT2D eigenvalue weighted by Gasteiger charge is 2.14. The number of rotatable bonds is 5. The largest absolute Gasteiger partial charge is 0.377 e. The Hall–Kier alpha value is -1.39. The zero-order valence-electron chi connectivity index (χ0n) is 12.3. The van der Waals surface area contributed by atoms with Crippen molar-refractivity contribution in [1.82, 2.24) is 15.3 Å². The van der Waals surface area contributed by atoms with Crippen molar-refractivity contribution >= 4 is 11.0 Å². The monoisotopic (exact) mass is 273 g/mol. The first-order valence-electron chi connectivity index (χ1n) is 7.50. The first-order chi connectivity index (χ1) is 9.72. The number of benzene rings is 1. The van der Waals surface area contributed by atoms with E-state index >= 15 is 0 Å². The molecular weight excluding hydrogens is 250 g/mol. The summed E-state index contributed by atoms with van der Waals surface area (Å²) in [4.78, 5) is 8.07. The van der Waals surface area contributed by atoms with Gasteiger partial charge in [-0.2, -0.15) is 0 Å². The first kappa shape index (κ1) is 13.6. The zero-order valence-corrected chi connectivity index (χ0v) is 12.3. The molecule has 0 spiro atoms. The van der Waals surface area contributed by atoms with E-state index in [0.717, 1.165) is 43.0 Å². The summed E-state index contributed by atoms with van der Waals surface area (Å²) in [5.74, 6) is 1.06. The Morgan fingerprint density at radius 2 is 2.20 bits per heavy atom. The highest BCUT2D eigenvalue weighted by atomic mass is 16.5. The van der Waals surface area contributed by atoms with Gasteiger partial charge in [0, 0.05) is 26.1 Å². The lowest BCUT2D eigenvalue weighted by Gasteiger charge is -2.09. The van der Waals surface area contributed by atoms with Gasteiger partial charge in [0.05, 0.1) is 17.1 Å². The minimum absolute atomic E-state index is 0.413. The molecule has 1 fully saturated rings. The molecule has 1 atom stereocenters. The molecule has 2 heterocycles. The van der Waals surface area contributed by atoms with Gasteiger partial charge in [0.25, 0.3) is 0 Å². The molecule has 2 aromatic rings. The summed E-state index contributed by atoms with van der Waals surface area (Å²) in [6.45, 7) is 7.09. The highest BCUT2D eigenvalue weighted by molar-refractivity contribution is 5.77. The molecule has 1 aliphatic rings. The van der Waals surface area contributed by atoms with E-state index in [0.29, 0.717) is 6.10 Å². The van der Waals surface area contributed by atoms with Gasteiger partial charge in [0.2, 0.25) is 0 Å². The molecule has 0 saturated carbocycles. The van der Waals surface area contributed by atoms with Crippen LogP contribution in [0.1, 0.15) is 29.8 Å². The minimum atomic E-state index is 0.413. The van der Waals surface area contributed by atoms with Crippen LogP contribution in [-0.2, 0) is 11.2 Å². The average molecular weight is 273 g/mol. The molecule has 0 aliphatic carbocycles. The molecule has 20 heavy (non-hydrogen) atoms. The quantitative estimate of drug-likeness (QED) is 0.823. The molecule has 0 bridgehead atoms. The van der Waals surface area contributed by atoms with Crippen LogP contribution in [0, 0.1) is 13.8 Å².